The monoisotopic (exact) mass is 258 g/mol. The van der Waals surface area contributed by atoms with E-state index in [-0.39, 0.29) is 12.4 Å². The van der Waals surface area contributed by atoms with Gasteiger partial charge in [0.15, 0.2) is 11.5 Å². The highest BCUT2D eigenvalue weighted by Gasteiger charge is 2.20. The third kappa shape index (κ3) is 3.03. The quantitative estimate of drug-likeness (QED) is 0.859. The predicted octanol–water partition coefficient (Wildman–Crippen LogP) is 1.36. The number of nitrogens with one attached hydrogen (secondary N) is 2. The molecule has 0 bridgehead atoms. The fourth-order valence-corrected chi connectivity index (χ4v) is 2.06. The zero-order valence-electron chi connectivity index (χ0n) is 10.2. The maximum absolute atomic E-state index is 5.43. The largest absolute Gasteiger partial charge is 0.493 e. The Morgan fingerprint density at radius 1 is 1.18 bits per heavy atom. The fourth-order valence-electron chi connectivity index (χ4n) is 2.06. The summed E-state index contributed by atoms with van der Waals surface area (Å²) in [5.41, 5.74) is 1.15. The van der Waals surface area contributed by atoms with Crippen LogP contribution in [0.3, 0.4) is 0 Å². The van der Waals surface area contributed by atoms with E-state index in [2.05, 4.69) is 16.7 Å². The molecule has 5 heteroatoms. The number of benzene rings is 1. The molecule has 1 aromatic carbocycles. The second-order valence-corrected chi connectivity index (χ2v) is 3.79. The lowest BCUT2D eigenvalue weighted by Gasteiger charge is -2.26. The third-order valence-corrected chi connectivity index (χ3v) is 2.85. The standard InChI is InChI=1S/C12H18N2O2.ClH/c1-15-11-5-3-4-9(12(11)16-2)10-8-13-6-7-14-10;/h3-5,10,13-14H,6-8H2,1-2H3;1H/t10-;/m0./s1. The van der Waals surface area contributed by atoms with Crippen molar-refractivity contribution in [1.82, 2.24) is 10.6 Å². The minimum Gasteiger partial charge on any atom is -0.493 e. The van der Waals surface area contributed by atoms with E-state index in [0.717, 1.165) is 36.7 Å². The van der Waals surface area contributed by atoms with Gasteiger partial charge in [-0.1, -0.05) is 12.1 Å². The van der Waals surface area contributed by atoms with Gasteiger partial charge in [-0.05, 0) is 6.07 Å². The Morgan fingerprint density at radius 2 is 2.00 bits per heavy atom. The molecule has 1 aliphatic rings. The maximum Gasteiger partial charge on any atom is 0.165 e. The van der Waals surface area contributed by atoms with E-state index in [1.54, 1.807) is 14.2 Å². The van der Waals surface area contributed by atoms with E-state index in [4.69, 9.17) is 9.47 Å². The molecule has 1 atom stereocenters. The van der Waals surface area contributed by atoms with Crippen molar-refractivity contribution in [2.24, 2.45) is 0 Å². The summed E-state index contributed by atoms with van der Waals surface area (Å²) in [7, 11) is 3.34. The normalized spacial score (nSPS) is 19.3. The van der Waals surface area contributed by atoms with Crippen molar-refractivity contribution in [3.63, 3.8) is 0 Å². The Hall–Kier alpha value is -0.970. The van der Waals surface area contributed by atoms with Gasteiger partial charge >= 0.3 is 0 Å². The molecule has 2 rings (SSSR count). The van der Waals surface area contributed by atoms with Crippen LogP contribution in [-0.2, 0) is 0 Å². The molecule has 1 fully saturated rings. The summed E-state index contributed by atoms with van der Waals surface area (Å²) in [4.78, 5) is 0. The molecule has 0 spiro atoms. The van der Waals surface area contributed by atoms with Crippen LogP contribution in [0, 0.1) is 0 Å². The zero-order chi connectivity index (χ0) is 11.4. The summed E-state index contributed by atoms with van der Waals surface area (Å²) in [5, 5.41) is 6.83. The van der Waals surface area contributed by atoms with E-state index in [0.29, 0.717) is 6.04 Å². The molecule has 0 saturated carbocycles. The molecule has 17 heavy (non-hydrogen) atoms. The Morgan fingerprint density at radius 3 is 2.59 bits per heavy atom. The summed E-state index contributed by atoms with van der Waals surface area (Å²) in [6, 6.07) is 6.27. The second-order valence-electron chi connectivity index (χ2n) is 3.79. The Kier molecular flexibility index (Phi) is 5.55. The molecule has 96 valence electrons. The molecule has 0 aliphatic carbocycles. The van der Waals surface area contributed by atoms with Crippen molar-refractivity contribution in [2.75, 3.05) is 33.9 Å². The van der Waals surface area contributed by atoms with E-state index in [9.17, 15) is 0 Å². The van der Waals surface area contributed by atoms with Crippen LogP contribution in [0.5, 0.6) is 11.5 Å². The van der Waals surface area contributed by atoms with Crippen LogP contribution in [0.1, 0.15) is 11.6 Å². The number of piperazine rings is 1. The van der Waals surface area contributed by atoms with Crippen molar-refractivity contribution in [2.45, 2.75) is 6.04 Å². The lowest BCUT2D eigenvalue weighted by molar-refractivity contribution is 0.341. The van der Waals surface area contributed by atoms with Gasteiger partial charge in [-0.15, -0.1) is 12.4 Å². The van der Waals surface area contributed by atoms with Gasteiger partial charge in [-0.25, -0.2) is 0 Å². The molecule has 0 aromatic heterocycles. The number of para-hydroxylation sites is 1. The first-order valence-corrected chi connectivity index (χ1v) is 5.52. The molecule has 2 N–H and O–H groups in total. The number of rotatable bonds is 3. The Labute approximate surface area is 108 Å². The first-order valence-electron chi connectivity index (χ1n) is 5.52. The molecule has 0 amide bonds. The molecule has 0 radical (unpaired) electrons. The smallest absolute Gasteiger partial charge is 0.165 e. The highest BCUT2D eigenvalue weighted by atomic mass is 35.5. The average molecular weight is 259 g/mol. The fraction of sp³-hybridized carbons (Fsp3) is 0.500. The molecule has 1 aromatic rings. The average Bonchev–Trinajstić information content (AvgIpc) is 2.38. The van der Waals surface area contributed by atoms with E-state index in [1.807, 2.05) is 12.1 Å². The van der Waals surface area contributed by atoms with Gasteiger partial charge < -0.3 is 20.1 Å². The van der Waals surface area contributed by atoms with E-state index >= 15 is 0 Å². The molecular formula is C12H19ClN2O2. The topological polar surface area (TPSA) is 42.5 Å². The van der Waals surface area contributed by atoms with Gasteiger partial charge in [-0.2, -0.15) is 0 Å². The van der Waals surface area contributed by atoms with Crippen LogP contribution in [0.2, 0.25) is 0 Å². The maximum atomic E-state index is 5.43. The third-order valence-electron chi connectivity index (χ3n) is 2.85. The summed E-state index contributed by atoms with van der Waals surface area (Å²) >= 11 is 0. The van der Waals surface area contributed by atoms with Crippen LogP contribution in [0.25, 0.3) is 0 Å². The van der Waals surface area contributed by atoms with E-state index in [1.165, 1.54) is 0 Å². The van der Waals surface area contributed by atoms with Crippen molar-refractivity contribution < 1.29 is 9.47 Å². The zero-order valence-corrected chi connectivity index (χ0v) is 11.0. The van der Waals surface area contributed by atoms with Gasteiger partial charge in [0.1, 0.15) is 0 Å². The van der Waals surface area contributed by atoms with Crippen LogP contribution in [0.15, 0.2) is 18.2 Å². The second kappa shape index (κ2) is 6.69. The van der Waals surface area contributed by atoms with Crippen LogP contribution in [0.4, 0.5) is 0 Å². The summed E-state index contributed by atoms with van der Waals surface area (Å²) in [6.07, 6.45) is 0. The first-order chi connectivity index (χ1) is 7.86. The van der Waals surface area contributed by atoms with Gasteiger partial charge in [-0.3, -0.25) is 0 Å². The molecule has 0 unspecified atom stereocenters. The van der Waals surface area contributed by atoms with Crippen LogP contribution in [-0.4, -0.2) is 33.9 Å². The Bertz CT molecular complexity index is 354. The summed E-state index contributed by atoms with van der Waals surface area (Å²) in [5.74, 6) is 1.61. The van der Waals surface area contributed by atoms with Crippen molar-refractivity contribution in [1.29, 1.82) is 0 Å². The molecule has 1 saturated heterocycles. The van der Waals surface area contributed by atoms with Gasteiger partial charge in [0.25, 0.3) is 0 Å². The lowest BCUT2D eigenvalue weighted by atomic mass is 10.0. The summed E-state index contributed by atoms with van der Waals surface area (Å²) in [6.45, 7) is 2.91. The SMILES string of the molecule is COc1cccc([C@@H]2CNCCN2)c1OC.Cl. The van der Waals surface area contributed by atoms with Crippen molar-refractivity contribution >= 4 is 12.4 Å². The van der Waals surface area contributed by atoms with Gasteiger partial charge in [0.2, 0.25) is 0 Å². The minimum absolute atomic E-state index is 0. The molecule has 1 heterocycles. The number of hydrogen-bond donors (Lipinski definition) is 2. The van der Waals surface area contributed by atoms with Crippen LogP contribution >= 0.6 is 12.4 Å². The molecule has 1 aliphatic heterocycles. The van der Waals surface area contributed by atoms with Gasteiger partial charge in [0, 0.05) is 31.2 Å². The van der Waals surface area contributed by atoms with Crippen molar-refractivity contribution in [3.05, 3.63) is 23.8 Å². The number of hydrogen-bond acceptors (Lipinski definition) is 4. The highest BCUT2D eigenvalue weighted by molar-refractivity contribution is 5.85. The first kappa shape index (κ1) is 14.1. The number of ether oxygens (including phenoxy) is 2. The number of methoxy groups -OCH3 is 2. The minimum atomic E-state index is 0. The summed E-state index contributed by atoms with van der Waals surface area (Å²) < 4.78 is 10.7. The van der Waals surface area contributed by atoms with Crippen LogP contribution < -0.4 is 20.1 Å². The van der Waals surface area contributed by atoms with Crippen molar-refractivity contribution in [3.8, 4) is 11.5 Å². The lowest BCUT2D eigenvalue weighted by Crippen LogP contribution is -2.42. The van der Waals surface area contributed by atoms with E-state index < -0.39 is 0 Å². The Balaban J connectivity index is 0.00000144. The predicted molar refractivity (Wildman–Crippen MR) is 70.4 cm³/mol. The van der Waals surface area contributed by atoms with Gasteiger partial charge in [0.05, 0.1) is 14.2 Å². The highest BCUT2D eigenvalue weighted by Crippen LogP contribution is 2.34. The molecule has 4 nitrogen and oxygen atoms in total. The molecular weight excluding hydrogens is 240 g/mol. The number of halogens is 1.